The number of nitrogens with zero attached hydrogens (tertiary/aromatic N) is 1. The summed E-state index contributed by atoms with van der Waals surface area (Å²) < 4.78 is 22.0. The van der Waals surface area contributed by atoms with Gasteiger partial charge in [0.2, 0.25) is 0 Å². The first-order valence-electron chi connectivity index (χ1n) is 3.23. The molecule has 0 radical (unpaired) electrons. The maximum absolute atomic E-state index is 11.0. The summed E-state index contributed by atoms with van der Waals surface area (Å²) in [5.74, 6) is 0. The summed E-state index contributed by atoms with van der Waals surface area (Å²) in [4.78, 5) is -0.216. The standard InChI is InChI=1S/C7H3Cl2NO2S2/c8-5-1-4(3-10)2-6(7(5)13)14(9,11)12/h1-2,13H. The molecule has 0 amide bonds. The molecule has 0 saturated carbocycles. The van der Waals surface area contributed by atoms with Crippen LogP contribution >= 0.6 is 34.9 Å². The lowest BCUT2D eigenvalue weighted by Crippen LogP contribution is -1.94. The molecule has 74 valence electrons. The van der Waals surface area contributed by atoms with Crippen LogP contribution < -0.4 is 0 Å². The van der Waals surface area contributed by atoms with Gasteiger partial charge in [-0.2, -0.15) is 5.26 Å². The van der Waals surface area contributed by atoms with Gasteiger partial charge in [-0.15, -0.1) is 12.6 Å². The summed E-state index contributed by atoms with van der Waals surface area (Å²) in [5, 5.41) is 8.65. The Morgan fingerprint density at radius 1 is 1.43 bits per heavy atom. The first-order chi connectivity index (χ1) is 6.36. The van der Waals surface area contributed by atoms with E-state index in [0.29, 0.717) is 0 Å². The number of halogens is 2. The van der Waals surface area contributed by atoms with Crippen molar-refractivity contribution in [3.63, 3.8) is 0 Å². The Bertz CT molecular complexity index is 519. The fourth-order valence-electron chi connectivity index (χ4n) is 0.824. The van der Waals surface area contributed by atoms with Crippen molar-refractivity contribution in [2.75, 3.05) is 0 Å². The normalized spacial score (nSPS) is 11.0. The Hall–Kier alpha value is -0.410. The van der Waals surface area contributed by atoms with Crippen LogP contribution in [0, 0.1) is 11.3 Å². The zero-order chi connectivity index (χ0) is 10.9. The minimum Gasteiger partial charge on any atom is -0.207 e. The molecule has 0 aliphatic carbocycles. The van der Waals surface area contributed by atoms with Gasteiger partial charge in [-0.1, -0.05) is 11.6 Å². The van der Waals surface area contributed by atoms with Crippen LogP contribution in [0.1, 0.15) is 5.56 Å². The molecule has 1 aromatic carbocycles. The molecule has 0 saturated heterocycles. The summed E-state index contributed by atoms with van der Waals surface area (Å²) in [6.45, 7) is 0. The van der Waals surface area contributed by atoms with Crippen LogP contribution in [0.25, 0.3) is 0 Å². The van der Waals surface area contributed by atoms with Gasteiger partial charge in [0.1, 0.15) is 0 Å². The van der Waals surface area contributed by atoms with Crippen molar-refractivity contribution in [1.29, 1.82) is 5.26 Å². The number of hydrogen-bond acceptors (Lipinski definition) is 4. The first-order valence-corrected chi connectivity index (χ1v) is 6.37. The van der Waals surface area contributed by atoms with Gasteiger partial charge in [0.05, 0.1) is 21.6 Å². The minimum atomic E-state index is -3.93. The van der Waals surface area contributed by atoms with Gasteiger partial charge >= 0.3 is 0 Å². The topological polar surface area (TPSA) is 57.9 Å². The third-order valence-electron chi connectivity index (χ3n) is 1.42. The van der Waals surface area contributed by atoms with Crippen molar-refractivity contribution >= 4 is 44.0 Å². The molecule has 0 bridgehead atoms. The second-order valence-corrected chi connectivity index (χ2v) is 5.74. The average Bonchev–Trinajstić information content (AvgIpc) is 2.07. The quantitative estimate of drug-likeness (QED) is 0.628. The highest BCUT2D eigenvalue weighted by Gasteiger charge is 2.17. The first kappa shape index (κ1) is 11.7. The maximum atomic E-state index is 11.0. The molecule has 0 unspecified atom stereocenters. The van der Waals surface area contributed by atoms with E-state index in [2.05, 4.69) is 12.6 Å². The third-order valence-corrected chi connectivity index (χ3v) is 3.83. The van der Waals surface area contributed by atoms with Gasteiger partial charge < -0.3 is 0 Å². The van der Waals surface area contributed by atoms with Crippen molar-refractivity contribution in [2.45, 2.75) is 9.79 Å². The van der Waals surface area contributed by atoms with Crippen LogP contribution in [0.4, 0.5) is 0 Å². The zero-order valence-electron chi connectivity index (χ0n) is 6.53. The van der Waals surface area contributed by atoms with E-state index in [4.69, 9.17) is 27.5 Å². The SMILES string of the molecule is N#Cc1cc(Cl)c(S)c(S(=O)(=O)Cl)c1. The van der Waals surface area contributed by atoms with E-state index in [1.807, 2.05) is 0 Å². The summed E-state index contributed by atoms with van der Waals surface area (Å²) in [7, 11) is 1.19. The summed E-state index contributed by atoms with van der Waals surface area (Å²) in [6.07, 6.45) is 0. The fourth-order valence-corrected chi connectivity index (χ4v) is 2.72. The van der Waals surface area contributed by atoms with Crippen LogP contribution in [-0.4, -0.2) is 8.42 Å². The molecule has 14 heavy (non-hydrogen) atoms. The van der Waals surface area contributed by atoms with Crippen LogP contribution in [0.2, 0.25) is 5.02 Å². The second-order valence-electron chi connectivity index (χ2n) is 2.35. The lowest BCUT2D eigenvalue weighted by molar-refractivity contribution is 0.608. The maximum Gasteiger partial charge on any atom is 0.262 e. The van der Waals surface area contributed by atoms with Crippen LogP contribution in [0.15, 0.2) is 21.9 Å². The highest BCUT2D eigenvalue weighted by Crippen LogP contribution is 2.30. The molecular formula is C7H3Cl2NO2S2. The van der Waals surface area contributed by atoms with Crippen molar-refractivity contribution in [2.24, 2.45) is 0 Å². The van der Waals surface area contributed by atoms with E-state index in [9.17, 15) is 8.42 Å². The molecule has 3 nitrogen and oxygen atoms in total. The van der Waals surface area contributed by atoms with Gasteiger partial charge in [-0.05, 0) is 12.1 Å². The molecule has 0 heterocycles. The molecule has 0 aliphatic heterocycles. The predicted octanol–water partition coefficient (Wildman–Crippen LogP) is 2.43. The van der Waals surface area contributed by atoms with E-state index >= 15 is 0 Å². The van der Waals surface area contributed by atoms with E-state index in [0.717, 1.165) is 6.07 Å². The second kappa shape index (κ2) is 3.99. The lowest BCUT2D eigenvalue weighted by Gasteiger charge is -2.03. The molecule has 0 aliphatic rings. The van der Waals surface area contributed by atoms with Gasteiger partial charge in [0.25, 0.3) is 9.05 Å². The molecule has 0 N–H and O–H groups in total. The number of nitriles is 1. The Morgan fingerprint density at radius 3 is 2.43 bits per heavy atom. The van der Waals surface area contributed by atoms with Gasteiger partial charge in [-0.25, -0.2) is 8.42 Å². The highest BCUT2D eigenvalue weighted by atomic mass is 35.7. The third kappa shape index (κ3) is 2.34. The number of rotatable bonds is 1. The molecular weight excluding hydrogens is 265 g/mol. The van der Waals surface area contributed by atoms with Crippen molar-refractivity contribution < 1.29 is 8.42 Å². The number of benzene rings is 1. The van der Waals surface area contributed by atoms with Gasteiger partial charge in [-0.3, -0.25) is 0 Å². The van der Waals surface area contributed by atoms with E-state index in [1.54, 1.807) is 6.07 Å². The highest BCUT2D eigenvalue weighted by molar-refractivity contribution is 8.14. The average molecular weight is 268 g/mol. The summed E-state index contributed by atoms with van der Waals surface area (Å²) >= 11 is 9.54. The Balaban J connectivity index is 3.61. The predicted molar refractivity (Wildman–Crippen MR) is 56.5 cm³/mol. The molecule has 1 rings (SSSR count). The smallest absolute Gasteiger partial charge is 0.207 e. The summed E-state index contributed by atoms with van der Waals surface area (Å²) in [5.41, 5.74) is 0.118. The van der Waals surface area contributed by atoms with Crippen molar-refractivity contribution in [3.8, 4) is 6.07 Å². The molecule has 7 heteroatoms. The van der Waals surface area contributed by atoms with Crippen molar-refractivity contribution in [3.05, 3.63) is 22.7 Å². The molecule has 0 spiro atoms. The molecule has 0 aromatic heterocycles. The monoisotopic (exact) mass is 267 g/mol. The fraction of sp³-hybridized carbons (Fsp3) is 0. The Labute approximate surface area is 96.1 Å². The van der Waals surface area contributed by atoms with Crippen LogP contribution in [-0.2, 0) is 9.05 Å². The Kier molecular flexibility index (Phi) is 3.32. The van der Waals surface area contributed by atoms with Crippen molar-refractivity contribution in [1.82, 2.24) is 0 Å². The van der Waals surface area contributed by atoms with E-state index in [-0.39, 0.29) is 20.4 Å². The lowest BCUT2D eigenvalue weighted by atomic mass is 10.2. The molecule has 0 atom stereocenters. The number of hydrogen-bond donors (Lipinski definition) is 1. The molecule has 1 aromatic rings. The van der Waals surface area contributed by atoms with Gasteiger partial charge in [0.15, 0.2) is 0 Å². The van der Waals surface area contributed by atoms with E-state index < -0.39 is 9.05 Å². The van der Waals surface area contributed by atoms with Crippen LogP contribution in [0.5, 0.6) is 0 Å². The molecule has 0 fully saturated rings. The van der Waals surface area contributed by atoms with Gasteiger partial charge in [0, 0.05) is 15.6 Å². The summed E-state index contributed by atoms with van der Waals surface area (Å²) in [6, 6.07) is 4.20. The van der Waals surface area contributed by atoms with Crippen LogP contribution in [0.3, 0.4) is 0 Å². The Morgan fingerprint density at radius 2 is 2.00 bits per heavy atom. The largest absolute Gasteiger partial charge is 0.262 e. The van der Waals surface area contributed by atoms with E-state index in [1.165, 1.54) is 6.07 Å². The zero-order valence-corrected chi connectivity index (χ0v) is 9.75. The number of thiol groups is 1. The minimum absolute atomic E-state index is 0.0423.